The minimum atomic E-state index is 0.636. The molecule has 0 bridgehead atoms. The van der Waals surface area contributed by atoms with Crippen LogP contribution in [0.15, 0.2) is 18.2 Å². The van der Waals surface area contributed by atoms with E-state index in [4.69, 9.17) is 10.00 Å². The Morgan fingerprint density at radius 1 is 1.24 bits per heavy atom. The van der Waals surface area contributed by atoms with Crippen LogP contribution >= 0.6 is 0 Å². The van der Waals surface area contributed by atoms with Crippen molar-refractivity contribution in [1.82, 2.24) is 0 Å². The quantitative estimate of drug-likeness (QED) is 0.667. The van der Waals surface area contributed by atoms with Crippen molar-refractivity contribution in [2.24, 2.45) is 0 Å². The fraction of sp³-hybridized carbons (Fsp3) is 0.533. The molecule has 0 atom stereocenters. The van der Waals surface area contributed by atoms with Gasteiger partial charge in [-0.2, -0.15) is 5.26 Å². The van der Waals surface area contributed by atoms with Crippen LogP contribution in [0.5, 0.6) is 5.75 Å². The van der Waals surface area contributed by atoms with Gasteiger partial charge in [0.25, 0.3) is 0 Å². The average molecular weight is 231 g/mol. The first-order valence-corrected chi connectivity index (χ1v) is 6.43. The van der Waals surface area contributed by atoms with Gasteiger partial charge in [-0.05, 0) is 48.9 Å². The molecule has 0 saturated heterocycles. The molecule has 0 radical (unpaired) electrons. The topological polar surface area (TPSA) is 33.0 Å². The predicted molar refractivity (Wildman–Crippen MR) is 70.2 cm³/mol. The largest absolute Gasteiger partial charge is 0.494 e. The lowest BCUT2D eigenvalue weighted by atomic mass is 10.00. The molecular formula is C15H21NO. The first-order valence-electron chi connectivity index (χ1n) is 6.43. The highest BCUT2D eigenvalue weighted by Gasteiger charge is 2.03. The van der Waals surface area contributed by atoms with E-state index in [0.717, 1.165) is 38.0 Å². The van der Waals surface area contributed by atoms with Crippen LogP contribution in [0.3, 0.4) is 0 Å². The first-order chi connectivity index (χ1) is 8.31. The molecule has 1 aromatic carbocycles. The lowest BCUT2D eigenvalue weighted by Crippen LogP contribution is -1.98. The van der Waals surface area contributed by atoms with Gasteiger partial charge in [0.1, 0.15) is 5.75 Å². The number of nitriles is 1. The Labute approximate surface area is 104 Å². The number of aryl methyl sites for hydroxylation is 2. The Hall–Kier alpha value is -1.49. The van der Waals surface area contributed by atoms with Crippen molar-refractivity contribution < 1.29 is 4.74 Å². The highest BCUT2D eigenvalue weighted by atomic mass is 16.5. The summed E-state index contributed by atoms with van der Waals surface area (Å²) in [6, 6.07) is 8.50. The summed E-state index contributed by atoms with van der Waals surface area (Å²) in [4.78, 5) is 0. The van der Waals surface area contributed by atoms with Crippen molar-refractivity contribution >= 4 is 0 Å². The van der Waals surface area contributed by atoms with E-state index in [1.165, 1.54) is 11.1 Å². The summed E-state index contributed by atoms with van der Waals surface area (Å²) in [5.74, 6) is 0.965. The van der Waals surface area contributed by atoms with Gasteiger partial charge in [0.05, 0.1) is 12.7 Å². The van der Waals surface area contributed by atoms with E-state index in [1.54, 1.807) is 0 Å². The van der Waals surface area contributed by atoms with Crippen LogP contribution in [-0.4, -0.2) is 6.61 Å². The van der Waals surface area contributed by atoms with Gasteiger partial charge in [-0.1, -0.05) is 19.9 Å². The average Bonchev–Trinajstić information content (AvgIpc) is 2.37. The third-order valence-corrected chi connectivity index (χ3v) is 2.77. The fourth-order valence-electron chi connectivity index (χ4n) is 1.84. The minimum absolute atomic E-state index is 0.636. The second-order valence-corrected chi connectivity index (χ2v) is 4.14. The zero-order valence-electron chi connectivity index (χ0n) is 10.8. The third kappa shape index (κ3) is 4.48. The van der Waals surface area contributed by atoms with Gasteiger partial charge in [-0.25, -0.2) is 0 Å². The SMILES string of the molecule is CCCOc1ccc(CCCC#N)c(CC)c1. The second-order valence-electron chi connectivity index (χ2n) is 4.14. The van der Waals surface area contributed by atoms with E-state index in [9.17, 15) is 0 Å². The Balaban J connectivity index is 2.68. The molecule has 0 aliphatic heterocycles. The van der Waals surface area contributed by atoms with Gasteiger partial charge < -0.3 is 4.74 Å². The molecule has 0 amide bonds. The fourth-order valence-corrected chi connectivity index (χ4v) is 1.84. The summed E-state index contributed by atoms with van der Waals surface area (Å²) < 4.78 is 5.63. The minimum Gasteiger partial charge on any atom is -0.494 e. The molecule has 1 aromatic rings. The lowest BCUT2D eigenvalue weighted by Gasteiger charge is -2.10. The van der Waals surface area contributed by atoms with Crippen LogP contribution in [-0.2, 0) is 12.8 Å². The molecule has 2 nitrogen and oxygen atoms in total. The summed E-state index contributed by atoms with van der Waals surface area (Å²) in [6.07, 6.45) is 4.62. The van der Waals surface area contributed by atoms with Gasteiger partial charge in [-0.3, -0.25) is 0 Å². The van der Waals surface area contributed by atoms with Crippen LogP contribution in [0.25, 0.3) is 0 Å². The Kier molecular flexibility index (Phi) is 6.17. The number of hydrogen-bond acceptors (Lipinski definition) is 2. The molecule has 0 aliphatic rings. The van der Waals surface area contributed by atoms with E-state index in [-0.39, 0.29) is 0 Å². The van der Waals surface area contributed by atoms with Crippen molar-refractivity contribution in [3.8, 4) is 11.8 Å². The van der Waals surface area contributed by atoms with Crippen LogP contribution in [0.2, 0.25) is 0 Å². The van der Waals surface area contributed by atoms with E-state index in [2.05, 4.69) is 32.0 Å². The molecule has 92 valence electrons. The van der Waals surface area contributed by atoms with Crippen LogP contribution in [0, 0.1) is 11.3 Å². The van der Waals surface area contributed by atoms with E-state index < -0.39 is 0 Å². The van der Waals surface area contributed by atoms with Gasteiger partial charge in [0.15, 0.2) is 0 Å². The molecule has 17 heavy (non-hydrogen) atoms. The molecule has 0 unspecified atom stereocenters. The molecule has 0 heterocycles. The lowest BCUT2D eigenvalue weighted by molar-refractivity contribution is 0.317. The summed E-state index contributed by atoms with van der Waals surface area (Å²) in [7, 11) is 0. The molecule has 0 aliphatic carbocycles. The summed E-state index contributed by atoms with van der Waals surface area (Å²) >= 11 is 0. The zero-order valence-corrected chi connectivity index (χ0v) is 10.8. The summed E-state index contributed by atoms with van der Waals surface area (Å²) in [5, 5.41) is 8.54. The second kappa shape index (κ2) is 7.73. The van der Waals surface area contributed by atoms with Crippen molar-refractivity contribution in [3.05, 3.63) is 29.3 Å². The normalized spacial score (nSPS) is 9.94. The smallest absolute Gasteiger partial charge is 0.119 e. The van der Waals surface area contributed by atoms with Gasteiger partial charge >= 0.3 is 0 Å². The van der Waals surface area contributed by atoms with E-state index >= 15 is 0 Å². The van der Waals surface area contributed by atoms with Crippen molar-refractivity contribution in [2.45, 2.75) is 46.0 Å². The molecule has 0 N–H and O–H groups in total. The standard InChI is InChI=1S/C15H21NO/c1-3-11-17-15-9-8-14(7-5-6-10-16)13(4-2)12-15/h8-9,12H,3-7,11H2,1-2H3. The molecular weight excluding hydrogens is 210 g/mol. The van der Waals surface area contributed by atoms with Crippen LogP contribution < -0.4 is 4.74 Å². The maximum absolute atomic E-state index is 8.54. The number of unbranched alkanes of at least 4 members (excludes halogenated alkanes) is 1. The highest BCUT2D eigenvalue weighted by molar-refractivity contribution is 5.35. The van der Waals surface area contributed by atoms with Gasteiger partial charge in [0.2, 0.25) is 0 Å². The molecule has 0 saturated carbocycles. The van der Waals surface area contributed by atoms with Crippen LogP contribution in [0.4, 0.5) is 0 Å². The van der Waals surface area contributed by atoms with Crippen molar-refractivity contribution in [1.29, 1.82) is 5.26 Å². The monoisotopic (exact) mass is 231 g/mol. The number of hydrogen-bond donors (Lipinski definition) is 0. The number of benzene rings is 1. The van der Waals surface area contributed by atoms with Gasteiger partial charge in [0, 0.05) is 6.42 Å². The molecule has 0 spiro atoms. The van der Waals surface area contributed by atoms with E-state index in [1.807, 2.05) is 6.07 Å². The summed E-state index contributed by atoms with van der Waals surface area (Å²) in [6.45, 7) is 5.04. The number of rotatable bonds is 7. The maximum Gasteiger partial charge on any atom is 0.119 e. The Bertz CT molecular complexity index is 379. The number of ether oxygens (including phenoxy) is 1. The zero-order chi connectivity index (χ0) is 12.5. The summed E-state index contributed by atoms with van der Waals surface area (Å²) in [5.41, 5.74) is 2.70. The molecule has 1 rings (SSSR count). The molecule has 0 fully saturated rings. The Morgan fingerprint density at radius 2 is 2.06 bits per heavy atom. The highest BCUT2D eigenvalue weighted by Crippen LogP contribution is 2.20. The van der Waals surface area contributed by atoms with E-state index in [0.29, 0.717) is 6.42 Å². The van der Waals surface area contributed by atoms with Gasteiger partial charge in [-0.15, -0.1) is 0 Å². The first kappa shape index (κ1) is 13.6. The van der Waals surface area contributed by atoms with Crippen molar-refractivity contribution in [2.75, 3.05) is 6.61 Å². The third-order valence-electron chi connectivity index (χ3n) is 2.77. The molecule has 2 heteroatoms. The predicted octanol–water partition coefficient (Wildman–Crippen LogP) is 3.88. The maximum atomic E-state index is 8.54. The Morgan fingerprint density at radius 3 is 2.71 bits per heavy atom. The van der Waals surface area contributed by atoms with Crippen molar-refractivity contribution in [3.63, 3.8) is 0 Å². The van der Waals surface area contributed by atoms with Crippen LogP contribution in [0.1, 0.15) is 44.2 Å². The number of nitrogens with zero attached hydrogens (tertiary/aromatic N) is 1. The molecule has 0 aromatic heterocycles.